The van der Waals surface area contributed by atoms with Crippen LogP contribution in [0.25, 0.3) is 0 Å². The molecule has 2 rings (SSSR count). The van der Waals surface area contributed by atoms with Crippen molar-refractivity contribution in [3.05, 3.63) is 59.7 Å². The van der Waals surface area contributed by atoms with E-state index in [0.717, 1.165) is 0 Å². The van der Waals surface area contributed by atoms with Gasteiger partial charge < -0.3 is 4.84 Å². The number of nitrogens with one attached hydrogen (secondary N) is 1. The normalized spacial score (nSPS) is 12.1. The molecule has 0 atom stereocenters. The summed E-state index contributed by atoms with van der Waals surface area (Å²) in [6.45, 7) is 0. The molecule has 0 aliphatic rings. The average molecular weight is 321 g/mol. The largest absolute Gasteiger partial charge is 0.420 e. The second kappa shape index (κ2) is 5.78. The van der Waals surface area contributed by atoms with E-state index in [1.165, 1.54) is 12.1 Å². The van der Waals surface area contributed by atoms with Crippen LogP contribution in [0.15, 0.2) is 48.5 Å². The van der Waals surface area contributed by atoms with Crippen LogP contribution in [0, 0.1) is 0 Å². The lowest BCUT2D eigenvalue weighted by atomic mass is 10.1. The lowest BCUT2D eigenvalue weighted by Crippen LogP contribution is -2.14. The van der Waals surface area contributed by atoms with Crippen LogP contribution in [-0.2, 0) is 12.4 Å². The van der Waals surface area contributed by atoms with E-state index in [4.69, 9.17) is 4.84 Å². The van der Waals surface area contributed by atoms with Crippen LogP contribution in [-0.4, -0.2) is 0 Å². The summed E-state index contributed by atoms with van der Waals surface area (Å²) in [7, 11) is 0. The maximum atomic E-state index is 12.9. The Kier molecular flexibility index (Phi) is 4.20. The standard InChI is InChI=1S/C14H9F6NO/c15-13(16,17)9-6-7-12(11(8-9)14(18,19)20)22-21-10-4-2-1-3-5-10/h1-8,21H. The van der Waals surface area contributed by atoms with Gasteiger partial charge in [0.2, 0.25) is 0 Å². The quantitative estimate of drug-likeness (QED) is 0.625. The molecular weight excluding hydrogens is 312 g/mol. The minimum atomic E-state index is -4.98. The first-order valence-electron chi connectivity index (χ1n) is 5.94. The van der Waals surface area contributed by atoms with Crippen molar-refractivity contribution in [1.29, 1.82) is 0 Å². The first-order valence-corrected chi connectivity index (χ1v) is 5.94. The summed E-state index contributed by atoms with van der Waals surface area (Å²) in [6.07, 6.45) is -9.85. The zero-order valence-electron chi connectivity index (χ0n) is 10.8. The first kappa shape index (κ1) is 16.0. The van der Waals surface area contributed by atoms with Gasteiger partial charge in [0.25, 0.3) is 0 Å². The highest BCUT2D eigenvalue weighted by Gasteiger charge is 2.39. The van der Waals surface area contributed by atoms with Gasteiger partial charge in [0.15, 0.2) is 5.75 Å². The second-order valence-corrected chi connectivity index (χ2v) is 4.28. The fraction of sp³-hybridized carbons (Fsp3) is 0.143. The van der Waals surface area contributed by atoms with Gasteiger partial charge in [0.05, 0.1) is 11.3 Å². The molecule has 118 valence electrons. The van der Waals surface area contributed by atoms with E-state index >= 15 is 0 Å². The zero-order chi connectivity index (χ0) is 16.4. The average Bonchev–Trinajstić information content (AvgIpc) is 2.44. The van der Waals surface area contributed by atoms with E-state index in [2.05, 4.69) is 5.48 Å². The predicted molar refractivity (Wildman–Crippen MR) is 67.1 cm³/mol. The fourth-order valence-corrected chi connectivity index (χ4v) is 1.64. The van der Waals surface area contributed by atoms with E-state index in [9.17, 15) is 26.3 Å². The number of alkyl halides is 6. The molecule has 0 spiro atoms. The van der Waals surface area contributed by atoms with Gasteiger partial charge in [-0.3, -0.25) is 0 Å². The number of hydrogen-bond acceptors (Lipinski definition) is 2. The first-order chi connectivity index (χ1) is 10.2. The van der Waals surface area contributed by atoms with Crippen molar-refractivity contribution in [1.82, 2.24) is 0 Å². The van der Waals surface area contributed by atoms with Gasteiger partial charge in [-0.25, -0.2) is 5.48 Å². The fourth-order valence-electron chi connectivity index (χ4n) is 1.64. The van der Waals surface area contributed by atoms with Crippen molar-refractivity contribution in [3.8, 4) is 5.75 Å². The molecule has 2 nitrogen and oxygen atoms in total. The highest BCUT2D eigenvalue weighted by atomic mass is 19.4. The van der Waals surface area contributed by atoms with Gasteiger partial charge >= 0.3 is 12.4 Å². The lowest BCUT2D eigenvalue weighted by molar-refractivity contribution is -0.143. The SMILES string of the molecule is FC(F)(F)c1ccc(ONc2ccccc2)c(C(F)(F)F)c1. The third-order valence-corrected chi connectivity index (χ3v) is 2.66. The summed E-state index contributed by atoms with van der Waals surface area (Å²) in [5, 5.41) is 0. The van der Waals surface area contributed by atoms with Crippen LogP contribution in [0.1, 0.15) is 11.1 Å². The summed E-state index contributed by atoms with van der Waals surface area (Å²) in [4.78, 5) is 4.78. The van der Waals surface area contributed by atoms with Gasteiger partial charge in [-0.1, -0.05) is 18.2 Å². The molecule has 0 bridgehead atoms. The molecule has 0 aliphatic heterocycles. The molecule has 0 aliphatic carbocycles. The Morgan fingerprint density at radius 3 is 1.95 bits per heavy atom. The van der Waals surface area contributed by atoms with Gasteiger partial charge in [-0.2, -0.15) is 26.3 Å². The van der Waals surface area contributed by atoms with Crippen molar-refractivity contribution in [2.24, 2.45) is 0 Å². The van der Waals surface area contributed by atoms with E-state index in [-0.39, 0.29) is 6.07 Å². The van der Waals surface area contributed by atoms with Gasteiger partial charge in [0.1, 0.15) is 5.56 Å². The van der Waals surface area contributed by atoms with Crippen LogP contribution in [0.4, 0.5) is 32.0 Å². The van der Waals surface area contributed by atoms with Crippen molar-refractivity contribution < 1.29 is 31.2 Å². The number of hydrogen-bond donors (Lipinski definition) is 1. The van der Waals surface area contributed by atoms with Crippen LogP contribution >= 0.6 is 0 Å². The van der Waals surface area contributed by atoms with Crippen molar-refractivity contribution in [2.45, 2.75) is 12.4 Å². The Bertz CT molecular complexity index is 636. The van der Waals surface area contributed by atoms with Crippen molar-refractivity contribution in [2.75, 3.05) is 5.48 Å². The maximum Gasteiger partial charge on any atom is 0.420 e. The number of rotatable bonds is 3. The van der Waals surface area contributed by atoms with Crippen LogP contribution in [0.2, 0.25) is 0 Å². The molecule has 0 aromatic heterocycles. The summed E-state index contributed by atoms with van der Waals surface area (Å²) < 4.78 is 76.1. The maximum absolute atomic E-state index is 12.9. The monoisotopic (exact) mass is 321 g/mol. The highest BCUT2D eigenvalue weighted by molar-refractivity contribution is 5.44. The van der Waals surface area contributed by atoms with Crippen LogP contribution in [0.3, 0.4) is 0 Å². The Morgan fingerprint density at radius 2 is 1.41 bits per heavy atom. The molecular formula is C14H9F6NO. The topological polar surface area (TPSA) is 21.3 Å². The molecule has 2 aromatic rings. The van der Waals surface area contributed by atoms with Gasteiger partial charge in [0, 0.05) is 0 Å². The summed E-state index contributed by atoms with van der Waals surface area (Å²) in [5.41, 5.74) is -0.298. The molecule has 22 heavy (non-hydrogen) atoms. The number of anilines is 1. The third kappa shape index (κ3) is 3.84. The third-order valence-electron chi connectivity index (χ3n) is 2.66. The summed E-state index contributed by atoms with van der Waals surface area (Å²) in [5.74, 6) is -0.746. The van der Waals surface area contributed by atoms with E-state index in [1.54, 1.807) is 18.2 Å². The molecule has 0 saturated heterocycles. The molecule has 1 N–H and O–H groups in total. The number of para-hydroxylation sites is 1. The molecule has 0 heterocycles. The Labute approximate surface area is 121 Å². The molecule has 0 fully saturated rings. The lowest BCUT2D eigenvalue weighted by Gasteiger charge is -2.16. The minimum absolute atomic E-state index is 0.0159. The van der Waals surface area contributed by atoms with E-state index in [0.29, 0.717) is 17.8 Å². The Balaban J connectivity index is 2.30. The van der Waals surface area contributed by atoms with E-state index < -0.39 is 29.2 Å². The number of benzene rings is 2. The second-order valence-electron chi connectivity index (χ2n) is 4.28. The molecule has 0 saturated carbocycles. The minimum Gasteiger partial charge on any atom is -0.382 e. The molecule has 8 heteroatoms. The zero-order valence-corrected chi connectivity index (χ0v) is 10.8. The van der Waals surface area contributed by atoms with Gasteiger partial charge in [-0.15, -0.1) is 0 Å². The van der Waals surface area contributed by atoms with Crippen LogP contribution in [0.5, 0.6) is 5.75 Å². The Morgan fingerprint density at radius 1 is 0.773 bits per heavy atom. The van der Waals surface area contributed by atoms with Crippen molar-refractivity contribution >= 4 is 5.69 Å². The predicted octanol–water partition coefficient (Wildman–Crippen LogP) is 5.13. The highest BCUT2D eigenvalue weighted by Crippen LogP contribution is 2.40. The van der Waals surface area contributed by atoms with Crippen molar-refractivity contribution in [3.63, 3.8) is 0 Å². The summed E-state index contributed by atoms with van der Waals surface area (Å²) >= 11 is 0. The van der Waals surface area contributed by atoms with E-state index in [1.807, 2.05) is 0 Å². The smallest absolute Gasteiger partial charge is 0.382 e. The molecule has 0 unspecified atom stereocenters. The molecule has 0 amide bonds. The molecule has 0 radical (unpaired) electrons. The number of halogens is 6. The molecule has 2 aromatic carbocycles. The summed E-state index contributed by atoms with van der Waals surface area (Å²) in [6, 6.07) is 9.13. The Hall–Kier alpha value is -2.38. The van der Waals surface area contributed by atoms with Gasteiger partial charge in [-0.05, 0) is 30.3 Å². The van der Waals surface area contributed by atoms with Crippen LogP contribution < -0.4 is 10.3 Å².